The summed E-state index contributed by atoms with van der Waals surface area (Å²) in [6.07, 6.45) is -12.6. The molecule has 1 atom stereocenters. The maximum atomic E-state index is 13.8. The van der Waals surface area contributed by atoms with Crippen LogP contribution in [0.2, 0.25) is 0 Å². The lowest BCUT2D eigenvalue weighted by Crippen LogP contribution is -2.46. The lowest BCUT2D eigenvalue weighted by Gasteiger charge is -2.35. The third-order valence-electron chi connectivity index (χ3n) is 6.29. The van der Waals surface area contributed by atoms with Crippen molar-refractivity contribution >= 4 is 43.4 Å². The van der Waals surface area contributed by atoms with Crippen molar-refractivity contribution in [3.05, 3.63) is 71.9 Å². The summed E-state index contributed by atoms with van der Waals surface area (Å²) in [6, 6.07) is 7.43. The van der Waals surface area contributed by atoms with Crippen molar-refractivity contribution in [3.8, 4) is 5.75 Å². The SMILES string of the molecule is CC(C)(C)OC(=O)Nc1ccc2c(c1)N(S(=O)(=O)c1cccc(C(F)(F)F)c1)CC(CC(=O)NS(=O)(=O)c1ccc(C(F)(F)F)cn1)O2. The molecule has 0 saturated carbocycles. The van der Waals surface area contributed by atoms with Crippen LogP contribution in [0.15, 0.2) is 70.7 Å². The number of amides is 2. The molecule has 0 saturated heterocycles. The van der Waals surface area contributed by atoms with Gasteiger partial charge in [-0.1, -0.05) is 6.07 Å². The van der Waals surface area contributed by atoms with Gasteiger partial charge in [-0.25, -0.2) is 22.9 Å². The normalized spacial score (nSPS) is 15.6. The minimum atomic E-state index is -4.90. The van der Waals surface area contributed by atoms with Crippen LogP contribution in [0.3, 0.4) is 0 Å². The molecule has 3 aromatic rings. The van der Waals surface area contributed by atoms with Crippen LogP contribution in [-0.4, -0.2) is 52.1 Å². The molecule has 12 nitrogen and oxygen atoms in total. The number of nitrogens with one attached hydrogen (secondary N) is 2. The second-order valence-electron chi connectivity index (χ2n) is 11.2. The summed E-state index contributed by atoms with van der Waals surface area (Å²) < 4.78 is 145. The summed E-state index contributed by atoms with van der Waals surface area (Å²) in [5.41, 5.74) is -3.66. The van der Waals surface area contributed by atoms with Crippen molar-refractivity contribution in [2.45, 2.75) is 61.2 Å². The van der Waals surface area contributed by atoms with Crippen LogP contribution in [-0.2, 0) is 41.9 Å². The molecular formula is C28H26F6N4O8S2. The lowest BCUT2D eigenvalue weighted by molar-refractivity contribution is -0.138. The highest BCUT2D eigenvalue weighted by Crippen LogP contribution is 2.40. The molecule has 1 unspecified atom stereocenters. The number of aromatic nitrogens is 1. The van der Waals surface area contributed by atoms with E-state index in [0.717, 1.165) is 18.2 Å². The van der Waals surface area contributed by atoms with E-state index in [0.29, 0.717) is 28.6 Å². The van der Waals surface area contributed by atoms with Crippen molar-refractivity contribution in [2.24, 2.45) is 0 Å². The predicted molar refractivity (Wildman–Crippen MR) is 156 cm³/mol. The average Bonchev–Trinajstić information content (AvgIpc) is 2.94. The monoisotopic (exact) mass is 724 g/mol. The fourth-order valence-electron chi connectivity index (χ4n) is 4.26. The van der Waals surface area contributed by atoms with E-state index in [1.54, 1.807) is 25.5 Å². The van der Waals surface area contributed by atoms with Gasteiger partial charge in [0.2, 0.25) is 5.91 Å². The number of halogens is 6. The third-order valence-corrected chi connectivity index (χ3v) is 9.35. The molecule has 2 aromatic carbocycles. The van der Waals surface area contributed by atoms with E-state index in [1.165, 1.54) is 12.1 Å². The zero-order chi connectivity index (χ0) is 35.9. The van der Waals surface area contributed by atoms with Crippen LogP contribution in [0, 0.1) is 0 Å². The van der Waals surface area contributed by atoms with Crippen molar-refractivity contribution in [3.63, 3.8) is 0 Å². The first-order valence-corrected chi connectivity index (χ1v) is 16.5. The molecule has 1 aliphatic rings. The van der Waals surface area contributed by atoms with E-state index >= 15 is 0 Å². The number of fused-ring (bicyclic) bond motifs is 1. The van der Waals surface area contributed by atoms with Crippen LogP contribution in [0.25, 0.3) is 0 Å². The Bertz CT molecular complexity index is 1930. The Hall–Kier alpha value is -4.59. The Kier molecular flexibility index (Phi) is 9.66. The quantitative estimate of drug-likeness (QED) is 0.308. The van der Waals surface area contributed by atoms with Crippen molar-refractivity contribution < 1.29 is 62.2 Å². The zero-order valence-electron chi connectivity index (χ0n) is 25.0. The highest BCUT2D eigenvalue weighted by atomic mass is 32.2. The molecule has 0 aliphatic carbocycles. The smallest absolute Gasteiger partial charge is 0.417 e. The first kappa shape index (κ1) is 36.2. The Morgan fingerprint density at radius 1 is 0.938 bits per heavy atom. The lowest BCUT2D eigenvalue weighted by atomic mass is 10.1. The zero-order valence-corrected chi connectivity index (χ0v) is 26.6. The summed E-state index contributed by atoms with van der Waals surface area (Å²) in [6.45, 7) is 4.06. The number of ether oxygens (including phenoxy) is 2. The number of hydrogen-bond acceptors (Lipinski definition) is 9. The number of hydrogen-bond donors (Lipinski definition) is 2. The molecule has 2 amide bonds. The van der Waals surface area contributed by atoms with Crippen molar-refractivity contribution in [2.75, 3.05) is 16.2 Å². The molecule has 2 N–H and O–H groups in total. The molecule has 260 valence electrons. The molecular weight excluding hydrogens is 698 g/mol. The second kappa shape index (κ2) is 12.8. The fraction of sp³-hybridized carbons (Fsp3) is 0.321. The first-order valence-electron chi connectivity index (χ1n) is 13.6. The van der Waals surface area contributed by atoms with Gasteiger partial charge in [0.05, 0.1) is 34.7 Å². The highest BCUT2D eigenvalue weighted by Gasteiger charge is 2.38. The molecule has 1 aromatic heterocycles. The molecule has 1 aliphatic heterocycles. The van der Waals surface area contributed by atoms with Crippen LogP contribution in [0.5, 0.6) is 5.75 Å². The van der Waals surface area contributed by atoms with E-state index in [4.69, 9.17) is 9.47 Å². The van der Waals surface area contributed by atoms with Crippen LogP contribution in [0.1, 0.15) is 38.3 Å². The van der Waals surface area contributed by atoms with Gasteiger partial charge in [-0.3, -0.25) is 14.4 Å². The van der Waals surface area contributed by atoms with Gasteiger partial charge >= 0.3 is 18.4 Å². The average molecular weight is 725 g/mol. The van der Waals surface area contributed by atoms with Gasteiger partial charge < -0.3 is 9.47 Å². The molecule has 20 heteroatoms. The minimum Gasteiger partial charge on any atom is -0.486 e. The number of nitrogens with zero attached hydrogens (tertiary/aromatic N) is 2. The number of rotatable bonds is 7. The number of carbonyl (C=O) groups is 2. The minimum absolute atomic E-state index is 0.00201. The van der Waals surface area contributed by atoms with Gasteiger partial charge in [-0.15, -0.1) is 0 Å². The maximum absolute atomic E-state index is 13.8. The number of alkyl halides is 6. The predicted octanol–water partition coefficient (Wildman–Crippen LogP) is 5.32. The van der Waals surface area contributed by atoms with Crippen molar-refractivity contribution in [1.29, 1.82) is 0 Å². The summed E-state index contributed by atoms with van der Waals surface area (Å²) in [5, 5.41) is 1.48. The Balaban J connectivity index is 1.65. The van der Waals surface area contributed by atoms with E-state index in [9.17, 15) is 52.8 Å². The summed E-state index contributed by atoms with van der Waals surface area (Å²) >= 11 is 0. The van der Waals surface area contributed by atoms with Crippen LogP contribution >= 0.6 is 0 Å². The number of benzene rings is 2. The number of sulfonamides is 2. The van der Waals surface area contributed by atoms with Gasteiger partial charge in [0.15, 0.2) is 5.03 Å². The molecule has 0 radical (unpaired) electrons. The van der Waals surface area contributed by atoms with E-state index in [-0.39, 0.29) is 23.3 Å². The summed E-state index contributed by atoms with van der Waals surface area (Å²) in [7, 11) is -9.63. The number of pyridine rings is 1. The van der Waals surface area contributed by atoms with E-state index in [2.05, 4.69) is 10.3 Å². The van der Waals surface area contributed by atoms with Gasteiger partial charge in [-0.2, -0.15) is 34.8 Å². The van der Waals surface area contributed by atoms with E-state index in [1.807, 2.05) is 0 Å². The molecule has 2 heterocycles. The van der Waals surface area contributed by atoms with Gasteiger partial charge in [0.25, 0.3) is 20.0 Å². The Labute approximate surface area is 270 Å². The second-order valence-corrected chi connectivity index (χ2v) is 14.7. The largest absolute Gasteiger partial charge is 0.486 e. The summed E-state index contributed by atoms with van der Waals surface area (Å²) in [4.78, 5) is 27.6. The topological polar surface area (TPSA) is 161 Å². The first-order chi connectivity index (χ1) is 22.0. The van der Waals surface area contributed by atoms with Crippen LogP contribution in [0.4, 0.5) is 42.5 Å². The number of carbonyl (C=O) groups excluding carboxylic acids is 2. The maximum Gasteiger partial charge on any atom is 0.417 e. The standard InChI is InChI=1S/C28H26F6N4O8S2/c1-26(2,3)46-25(40)36-18-8-9-22-21(12-18)38(48(43,44)20-6-4-5-16(11-20)27(29,30)31)15-19(45-22)13-23(39)37-47(41,42)24-10-7-17(14-35-24)28(32,33)34/h4-12,14,19H,13,15H2,1-3H3,(H,36,40)(H,37,39). The molecule has 0 spiro atoms. The number of anilines is 2. The highest BCUT2D eigenvalue weighted by molar-refractivity contribution is 7.92. The fourth-order valence-corrected chi connectivity index (χ4v) is 6.73. The molecule has 4 rings (SSSR count). The van der Waals surface area contributed by atoms with Gasteiger partial charge in [0.1, 0.15) is 17.5 Å². The Morgan fingerprint density at radius 3 is 2.19 bits per heavy atom. The summed E-state index contributed by atoms with van der Waals surface area (Å²) in [5.74, 6) is -1.48. The van der Waals surface area contributed by atoms with Gasteiger partial charge in [-0.05, 0) is 69.3 Å². The van der Waals surface area contributed by atoms with Crippen LogP contribution < -0.4 is 19.1 Å². The Morgan fingerprint density at radius 2 is 1.60 bits per heavy atom. The molecule has 48 heavy (non-hydrogen) atoms. The van der Waals surface area contributed by atoms with Crippen molar-refractivity contribution in [1.82, 2.24) is 9.71 Å². The van der Waals surface area contributed by atoms with Gasteiger partial charge in [0, 0.05) is 11.9 Å². The third kappa shape index (κ3) is 8.65. The molecule has 0 bridgehead atoms. The van der Waals surface area contributed by atoms with E-state index < -0.39 is 90.1 Å². The molecule has 0 fully saturated rings.